The molecule has 1 aromatic heterocycles. The number of hydrogen-bond acceptors (Lipinski definition) is 4. The first-order valence-electron chi connectivity index (χ1n) is 4.60. The summed E-state index contributed by atoms with van der Waals surface area (Å²) in [4.78, 5) is 17.7. The summed E-state index contributed by atoms with van der Waals surface area (Å²) < 4.78 is 4.56. The van der Waals surface area contributed by atoms with Crippen LogP contribution >= 0.6 is 11.6 Å². The summed E-state index contributed by atoms with van der Waals surface area (Å²) in [6, 6.07) is 1.55. The van der Waals surface area contributed by atoms with Gasteiger partial charge in [0.1, 0.15) is 5.15 Å². The van der Waals surface area contributed by atoms with Gasteiger partial charge < -0.3 is 4.74 Å². The molecule has 0 aliphatic heterocycles. The Kier molecular flexibility index (Phi) is 5.00. The molecule has 0 bridgehead atoms. The standard InChI is InChI=1S/C10H9ClN4O2/c1-17-10(16)8-5-7(9(11)13-6-8)3-2-4-14-15-12/h2-3,5-6H,4H2,1H3. The van der Waals surface area contributed by atoms with E-state index in [0.717, 1.165) is 0 Å². The molecule has 17 heavy (non-hydrogen) atoms. The molecule has 0 aliphatic carbocycles. The highest BCUT2D eigenvalue weighted by Gasteiger charge is 2.08. The summed E-state index contributed by atoms with van der Waals surface area (Å²) in [6.45, 7) is 0.204. The second kappa shape index (κ2) is 6.52. The Bertz CT molecular complexity index is 495. The normalized spacial score (nSPS) is 10.0. The zero-order chi connectivity index (χ0) is 12.7. The Balaban J connectivity index is 2.94. The van der Waals surface area contributed by atoms with Crippen molar-refractivity contribution in [2.75, 3.05) is 13.7 Å². The lowest BCUT2D eigenvalue weighted by molar-refractivity contribution is 0.0600. The lowest BCUT2D eigenvalue weighted by Crippen LogP contribution is -2.02. The second-order valence-corrected chi connectivity index (χ2v) is 3.27. The number of rotatable bonds is 4. The van der Waals surface area contributed by atoms with Crippen LogP contribution in [0.5, 0.6) is 0 Å². The minimum atomic E-state index is -0.487. The Morgan fingerprint density at radius 2 is 2.53 bits per heavy atom. The molecular weight excluding hydrogens is 244 g/mol. The van der Waals surface area contributed by atoms with Crippen LogP contribution in [0.15, 0.2) is 23.5 Å². The fraction of sp³-hybridized carbons (Fsp3) is 0.200. The lowest BCUT2D eigenvalue weighted by Gasteiger charge is -2.01. The van der Waals surface area contributed by atoms with Crippen LogP contribution in [-0.4, -0.2) is 24.6 Å². The van der Waals surface area contributed by atoms with Gasteiger partial charge in [0.25, 0.3) is 0 Å². The lowest BCUT2D eigenvalue weighted by atomic mass is 10.2. The van der Waals surface area contributed by atoms with Crippen LogP contribution in [0.2, 0.25) is 5.15 Å². The zero-order valence-corrected chi connectivity index (χ0v) is 9.76. The minimum absolute atomic E-state index is 0.204. The summed E-state index contributed by atoms with van der Waals surface area (Å²) in [5.74, 6) is -0.487. The molecule has 0 radical (unpaired) electrons. The van der Waals surface area contributed by atoms with Crippen molar-refractivity contribution >= 4 is 23.6 Å². The van der Waals surface area contributed by atoms with Crippen molar-refractivity contribution in [1.29, 1.82) is 0 Å². The molecule has 0 fully saturated rings. The van der Waals surface area contributed by atoms with Crippen LogP contribution in [-0.2, 0) is 4.74 Å². The highest BCUT2D eigenvalue weighted by Crippen LogP contribution is 2.16. The first kappa shape index (κ1) is 13.0. The number of halogens is 1. The highest BCUT2D eigenvalue weighted by molar-refractivity contribution is 6.30. The number of methoxy groups -OCH3 is 1. The third kappa shape index (κ3) is 3.79. The second-order valence-electron chi connectivity index (χ2n) is 2.91. The minimum Gasteiger partial charge on any atom is -0.465 e. The van der Waals surface area contributed by atoms with Crippen molar-refractivity contribution in [3.05, 3.63) is 45.1 Å². The number of ether oxygens (including phenoxy) is 1. The summed E-state index contributed by atoms with van der Waals surface area (Å²) in [6.07, 6.45) is 4.57. The topological polar surface area (TPSA) is 88.0 Å². The molecule has 0 spiro atoms. The summed E-state index contributed by atoms with van der Waals surface area (Å²) in [7, 11) is 1.29. The van der Waals surface area contributed by atoms with E-state index < -0.39 is 5.97 Å². The van der Waals surface area contributed by atoms with Crippen LogP contribution in [0.1, 0.15) is 15.9 Å². The average Bonchev–Trinajstić information content (AvgIpc) is 2.35. The van der Waals surface area contributed by atoms with Crippen LogP contribution < -0.4 is 0 Å². The van der Waals surface area contributed by atoms with Crippen molar-refractivity contribution in [3.8, 4) is 0 Å². The van der Waals surface area contributed by atoms with E-state index in [1.165, 1.54) is 13.3 Å². The first-order chi connectivity index (χ1) is 8.19. The molecule has 1 rings (SSSR count). The number of carbonyl (C=O) groups is 1. The van der Waals surface area contributed by atoms with Gasteiger partial charge in [-0.05, 0) is 11.6 Å². The van der Waals surface area contributed by atoms with Crippen molar-refractivity contribution in [1.82, 2.24) is 4.98 Å². The van der Waals surface area contributed by atoms with E-state index in [2.05, 4.69) is 19.7 Å². The monoisotopic (exact) mass is 252 g/mol. The van der Waals surface area contributed by atoms with Gasteiger partial charge >= 0.3 is 5.97 Å². The maximum absolute atomic E-state index is 11.3. The van der Waals surface area contributed by atoms with Gasteiger partial charge in [-0.2, -0.15) is 0 Å². The summed E-state index contributed by atoms with van der Waals surface area (Å²) in [5, 5.41) is 3.59. The molecule has 0 aromatic carbocycles. The summed E-state index contributed by atoms with van der Waals surface area (Å²) >= 11 is 5.84. The van der Waals surface area contributed by atoms with Crippen molar-refractivity contribution in [2.45, 2.75) is 0 Å². The van der Waals surface area contributed by atoms with Gasteiger partial charge in [0.2, 0.25) is 0 Å². The van der Waals surface area contributed by atoms with E-state index in [1.807, 2.05) is 0 Å². The van der Waals surface area contributed by atoms with Gasteiger partial charge in [-0.25, -0.2) is 9.78 Å². The zero-order valence-electron chi connectivity index (χ0n) is 9.00. The van der Waals surface area contributed by atoms with Gasteiger partial charge in [-0.15, -0.1) is 0 Å². The van der Waals surface area contributed by atoms with Crippen molar-refractivity contribution in [2.24, 2.45) is 5.11 Å². The molecule has 6 nitrogen and oxygen atoms in total. The number of azide groups is 1. The quantitative estimate of drug-likeness (QED) is 0.271. The van der Waals surface area contributed by atoms with Gasteiger partial charge in [0.05, 0.1) is 12.7 Å². The van der Waals surface area contributed by atoms with E-state index in [4.69, 9.17) is 17.1 Å². The fourth-order valence-corrected chi connectivity index (χ4v) is 1.24. The largest absolute Gasteiger partial charge is 0.465 e. The van der Waals surface area contributed by atoms with Gasteiger partial charge in [0, 0.05) is 23.2 Å². The van der Waals surface area contributed by atoms with E-state index >= 15 is 0 Å². The summed E-state index contributed by atoms with van der Waals surface area (Å²) in [5.41, 5.74) is 8.96. The van der Waals surface area contributed by atoms with Crippen LogP contribution in [0.4, 0.5) is 0 Å². The SMILES string of the molecule is COC(=O)c1cnc(Cl)c(C=CCN=[N+]=[N-])c1. The fourth-order valence-electron chi connectivity index (χ4n) is 1.07. The van der Waals surface area contributed by atoms with E-state index in [0.29, 0.717) is 11.1 Å². The van der Waals surface area contributed by atoms with E-state index in [9.17, 15) is 4.79 Å². The number of aromatic nitrogens is 1. The Hall–Kier alpha value is -2.04. The number of nitrogens with zero attached hydrogens (tertiary/aromatic N) is 4. The third-order valence-corrected chi connectivity index (χ3v) is 2.15. The number of pyridine rings is 1. The smallest absolute Gasteiger partial charge is 0.339 e. The Labute approximate surface area is 102 Å². The predicted octanol–water partition coefficient (Wildman–Crippen LogP) is 2.85. The maximum atomic E-state index is 11.3. The van der Waals surface area contributed by atoms with Crippen molar-refractivity contribution in [3.63, 3.8) is 0 Å². The number of esters is 1. The molecule has 0 saturated carbocycles. The number of hydrogen-bond donors (Lipinski definition) is 0. The molecule has 0 amide bonds. The number of carbonyl (C=O) groups excluding carboxylic acids is 1. The molecule has 1 heterocycles. The molecule has 88 valence electrons. The molecule has 0 saturated heterocycles. The molecule has 0 unspecified atom stereocenters. The van der Waals surface area contributed by atoms with Crippen molar-refractivity contribution < 1.29 is 9.53 Å². The third-order valence-electron chi connectivity index (χ3n) is 1.84. The predicted molar refractivity (Wildman–Crippen MR) is 63.6 cm³/mol. The van der Waals surface area contributed by atoms with Crippen LogP contribution in [0, 0.1) is 0 Å². The van der Waals surface area contributed by atoms with Gasteiger partial charge in [-0.1, -0.05) is 28.9 Å². The molecule has 0 N–H and O–H groups in total. The average molecular weight is 253 g/mol. The van der Waals surface area contributed by atoms with Crippen LogP contribution in [0.25, 0.3) is 16.5 Å². The molecular formula is C10H9ClN4O2. The van der Waals surface area contributed by atoms with E-state index in [1.54, 1.807) is 18.2 Å². The highest BCUT2D eigenvalue weighted by atomic mass is 35.5. The van der Waals surface area contributed by atoms with E-state index in [-0.39, 0.29) is 11.7 Å². The Morgan fingerprint density at radius 1 is 1.76 bits per heavy atom. The first-order valence-corrected chi connectivity index (χ1v) is 4.98. The van der Waals surface area contributed by atoms with Gasteiger partial charge in [-0.3, -0.25) is 0 Å². The van der Waals surface area contributed by atoms with Gasteiger partial charge in [0.15, 0.2) is 0 Å². The Morgan fingerprint density at radius 3 is 3.18 bits per heavy atom. The molecule has 0 atom stereocenters. The molecule has 0 aliphatic rings. The molecule has 7 heteroatoms. The molecule has 1 aromatic rings. The van der Waals surface area contributed by atoms with Crippen LogP contribution in [0.3, 0.4) is 0 Å². The maximum Gasteiger partial charge on any atom is 0.339 e.